The van der Waals surface area contributed by atoms with Gasteiger partial charge in [0.15, 0.2) is 0 Å². The second-order valence-corrected chi connectivity index (χ2v) is 6.51. The molecule has 3 rings (SSSR count). The summed E-state index contributed by atoms with van der Waals surface area (Å²) in [5.41, 5.74) is 0.756. The van der Waals surface area contributed by atoms with E-state index < -0.39 is 11.7 Å². The first-order valence-corrected chi connectivity index (χ1v) is 8.21. The number of alkyl halides is 3. The predicted molar refractivity (Wildman–Crippen MR) is 86.8 cm³/mol. The Labute approximate surface area is 144 Å². The number of aryl methyl sites for hydroxylation is 2. The third kappa shape index (κ3) is 3.19. The molecule has 6 nitrogen and oxygen atoms in total. The third-order valence-electron chi connectivity index (χ3n) is 3.94. The Bertz CT molecular complexity index is 758. The minimum Gasteiger partial charge on any atom is -0.384 e. The van der Waals surface area contributed by atoms with Gasteiger partial charge in [0, 0.05) is 6.54 Å². The maximum atomic E-state index is 13.3. The Balaban J connectivity index is 2.05. The molecular weight excluding hydrogens is 389 g/mol. The van der Waals surface area contributed by atoms with Gasteiger partial charge in [0.05, 0.1) is 28.8 Å². The van der Waals surface area contributed by atoms with Gasteiger partial charge in [-0.2, -0.15) is 18.0 Å². The molecule has 0 fully saturated rings. The minimum atomic E-state index is -4.42. The fourth-order valence-corrected chi connectivity index (χ4v) is 3.83. The van der Waals surface area contributed by atoms with Crippen LogP contribution in [-0.4, -0.2) is 26.8 Å². The van der Waals surface area contributed by atoms with Crippen molar-refractivity contribution >= 4 is 27.6 Å². The van der Waals surface area contributed by atoms with Crippen LogP contribution in [0, 0.1) is 6.92 Å². The van der Waals surface area contributed by atoms with Crippen LogP contribution in [0.25, 0.3) is 0 Å². The maximum absolute atomic E-state index is 13.3. The van der Waals surface area contributed by atoms with Crippen molar-refractivity contribution in [3.8, 4) is 0 Å². The number of hydrogen-bond donors (Lipinski definition) is 2. The first-order valence-electron chi connectivity index (χ1n) is 7.42. The second-order valence-electron chi connectivity index (χ2n) is 5.71. The molecule has 0 bridgehead atoms. The predicted octanol–water partition coefficient (Wildman–Crippen LogP) is 3.66. The molecule has 0 spiro atoms. The number of anilines is 2. The van der Waals surface area contributed by atoms with Gasteiger partial charge in [-0.05, 0) is 52.0 Å². The zero-order valence-electron chi connectivity index (χ0n) is 13.1. The van der Waals surface area contributed by atoms with Gasteiger partial charge in [0.25, 0.3) is 5.95 Å². The molecule has 2 N–H and O–H groups in total. The summed E-state index contributed by atoms with van der Waals surface area (Å²) < 4.78 is 40.0. The first-order chi connectivity index (χ1) is 11.3. The number of halogens is 4. The van der Waals surface area contributed by atoms with Gasteiger partial charge in [-0.15, -0.1) is 5.10 Å². The van der Waals surface area contributed by atoms with E-state index in [1.165, 1.54) is 11.7 Å². The Morgan fingerprint density at radius 3 is 2.79 bits per heavy atom. The molecule has 0 amide bonds. The highest BCUT2D eigenvalue weighted by Crippen LogP contribution is 2.45. The number of nitrogens with zero attached hydrogens (tertiary/aromatic N) is 4. The summed E-state index contributed by atoms with van der Waals surface area (Å²) >= 11 is 3.15. The second kappa shape index (κ2) is 6.23. The van der Waals surface area contributed by atoms with E-state index in [0.29, 0.717) is 18.2 Å². The molecule has 1 aromatic carbocycles. The van der Waals surface area contributed by atoms with E-state index in [2.05, 4.69) is 42.0 Å². The largest absolute Gasteiger partial charge is 0.417 e. The maximum Gasteiger partial charge on any atom is 0.417 e. The number of hydrogen-bond acceptors (Lipinski definition) is 5. The van der Waals surface area contributed by atoms with Crippen LogP contribution >= 0.6 is 15.9 Å². The number of rotatable bonds is 2. The van der Waals surface area contributed by atoms with Crippen molar-refractivity contribution in [2.75, 3.05) is 17.2 Å². The van der Waals surface area contributed by atoms with E-state index >= 15 is 0 Å². The van der Waals surface area contributed by atoms with Gasteiger partial charge in [0.2, 0.25) is 0 Å². The Kier molecular flexibility index (Phi) is 4.41. The normalized spacial score (nSPS) is 17.8. The lowest BCUT2D eigenvalue weighted by atomic mass is 9.96. The molecule has 1 atom stereocenters. The van der Waals surface area contributed by atoms with E-state index in [0.717, 1.165) is 18.4 Å². The molecule has 10 heteroatoms. The van der Waals surface area contributed by atoms with Crippen LogP contribution in [0.5, 0.6) is 0 Å². The van der Waals surface area contributed by atoms with Crippen molar-refractivity contribution in [2.24, 2.45) is 7.05 Å². The molecule has 1 aliphatic rings. The first kappa shape index (κ1) is 17.0. The molecule has 1 unspecified atom stereocenters. The van der Waals surface area contributed by atoms with Crippen LogP contribution in [-0.2, 0) is 13.2 Å². The van der Waals surface area contributed by atoms with Gasteiger partial charge >= 0.3 is 6.18 Å². The van der Waals surface area contributed by atoms with Crippen LogP contribution in [0.1, 0.15) is 35.6 Å². The lowest BCUT2D eigenvalue weighted by Gasteiger charge is -2.23. The summed E-state index contributed by atoms with van der Waals surface area (Å²) in [6.45, 7) is 2.06. The molecule has 0 aliphatic carbocycles. The zero-order valence-corrected chi connectivity index (χ0v) is 14.7. The summed E-state index contributed by atoms with van der Waals surface area (Å²) in [6.07, 6.45) is -2.86. The Morgan fingerprint density at radius 2 is 2.17 bits per heavy atom. The molecule has 0 saturated carbocycles. The number of nitrogens with one attached hydrogen (secondary N) is 2. The fraction of sp³-hybridized carbons (Fsp3) is 0.500. The van der Waals surface area contributed by atoms with Crippen LogP contribution in [0.3, 0.4) is 0 Å². The Morgan fingerprint density at radius 1 is 1.42 bits per heavy atom. The van der Waals surface area contributed by atoms with Crippen molar-refractivity contribution in [1.29, 1.82) is 0 Å². The average molecular weight is 405 g/mol. The van der Waals surface area contributed by atoms with E-state index in [4.69, 9.17) is 0 Å². The number of benzene rings is 1. The van der Waals surface area contributed by atoms with Crippen molar-refractivity contribution in [3.63, 3.8) is 0 Å². The highest BCUT2D eigenvalue weighted by atomic mass is 79.9. The highest BCUT2D eigenvalue weighted by molar-refractivity contribution is 9.10. The monoisotopic (exact) mass is 404 g/mol. The summed E-state index contributed by atoms with van der Waals surface area (Å²) in [4.78, 5) is 1.33. The number of tetrazole rings is 1. The molecule has 130 valence electrons. The molecule has 1 aromatic heterocycles. The average Bonchev–Trinajstić information content (AvgIpc) is 2.76. The lowest BCUT2D eigenvalue weighted by Crippen LogP contribution is -2.15. The van der Waals surface area contributed by atoms with E-state index in [1.54, 1.807) is 13.1 Å². The van der Waals surface area contributed by atoms with E-state index in [-0.39, 0.29) is 16.1 Å². The summed E-state index contributed by atoms with van der Waals surface area (Å²) in [5.74, 6) is 0.351. The molecule has 0 saturated heterocycles. The number of fused-ring (bicyclic) bond motifs is 1. The van der Waals surface area contributed by atoms with Crippen LogP contribution in [0.4, 0.5) is 24.8 Å². The van der Waals surface area contributed by atoms with Crippen molar-refractivity contribution in [2.45, 2.75) is 32.0 Å². The van der Waals surface area contributed by atoms with Crippen LogP contribution in [0.15, 0.2) is 10.5 Å². The van der Waals surface area contributed by atoms with Crippen molar-refractivity contribution in [3.05, 3.63) is 27.2 Å². The molecule has 2 heterocycles. The van der Waals surface area contributed by atoms with Crippen LogP contribution < -0.4 is 10.6 Å². The molecule has 24 heavy (non-hydrogen) atoms. The molecule has 0 radical (unpaired) electrons. The van der Waals surface area contributed by atoms with Gasteiger partial charge in [-0.25, -0.2) is 0 Å². The van der Waals surface area contributed by atoms with E-state index in [9.17, 15) is 13.2 Å². The smallest absolute Gasteiger partial charge is 0.384 e. The summed E-state index contributed by atoms with van der Waals surface area (Å²) in [6, 6.07) is 1.38. The van der Waals surface area contributed by atoms with Crippen LogP contribution in [0.2, 0.25) is 0 Å². The SMILES string of the molecule is Cc1cc2c(c(Br)c1C(F)(F)F)NCCCC2Nc1nnn(C)n1. The molecular formula is C14H16BrF3N6. The summed E-state index contributed by atoms with van der Waals surface area (Å²) in [7, 11) is 1.65. The standard InChI is InChI=1S/C14H16BrF3N6/c1-7-6-8-9(20-13-21-23-24(2)22-13)4-3-5-19-12(8)11(15)10(7)14(16,17)18/h6,9,19H,3-5H2,1-2H3,(H,20,22). The molecule has 1 aliphatic heterocycles. The van der Waals surface area contributed by atoms with Gasteiger partial charge in [-0.3, -0.25) is 0 Å². The minimum absolute atomic E-state index is 0.0470. The number of aromatic nitrogens is 4. The van der Waals surface area contributed by atoms with Gasteiger partial charge in [0.1, 0.15) is 0 Å². The van der Waals surface area contributed by atoms with Crippen molar-refractivity contribution < 1.29 is 13.2 Å². The third-order valence-corrected chi connectivity index (χ3v) is 4.73. The lowest BCUT2D eigenvalue weighted by molar-refractivity contribution is -0.138. The topological polar surface area (TPSA) is 67.7 Å². The zero-order chi connectivity index (χ0) is 17.5. The molecule has 2 aromatic rings. The fourth-order valence-electron chi connectivity index (χ4n) is 2.93. The van der Waals surface area contributed by atoms with Crippen molar-refractivity contribution in [1.82, 2.24) is 20.2 Å². The summed E-state index contributed by atoms with van der Waals surface area (Å²) in [5, 5.41) is 18.0. The highest BCUT2D eigenvalue weighted by Gasteiger charge is 2.37. The Hall–Kier alpha value is -1.84. The van der Waals surface area contributed by atoms with Gasteiger partial charge < -0.3 is 10.6 Å². The van der Waals surface area contributed by atoms with E-state index in [1.807, 2.05) is 0 Å². The van der Waals surface area contributed by atoms with Gasteiger partial charge in [-0.1, -0.05) is 11.2 Å². The quantitative estimate of drug-likeness (QED) is 0.799.